The predicted octanol–water partition coefficient (Wildman–Crippen LogP) is 4.42. The Kier molecular flexibility index (Phi) is 5.49. The highest BCUT2D eigenvalue weighted by Crippen LogP contribution is 2.24. The molecule has 0 unspecified atom stereocenters. The molecule has 0 N–H and O–H groups in total. The number of thiazole rings is 1. The van der Waals surface area contributed by atoms with Gasteiger partial charge in [-0.1, -0.05) is 48.5 Å². The Bertz CT molecular complexity index is 872. The Morgan fingerprint density at radius 2 is 1.70 bits per heavy atom. The lowest BCUT2D eigenvalue weighted by atomic mass is 10.1. The highest BCUT2D eigenvalue weighted by molar-refractivity contribution is 7.13. The normalized spacial score (nSPS) is 14.9. The molecule has 0 spiro atoms. The maximum Gasteiger partial charge on any atom is 0.228 e. The smallest absolute Gasteiger partial charge is 0.228 e. The number of carbonyl (C=O) groups is 1. The van der Waals surface area contributed by atoms with Gasteiger partial charge in [0, 0.05) is 36.9 Å². The van der Waals surface area contributed by atoms with Crippen LogP contribution in [0.2, 0.25) is 0 Å². The minimum Gasteiger partial charge on any atom is -0.490 e. The molecule has 0 radical (unpaired) electrons. The molecule has 5 heteroatoms. The zero-order valence-electron chi connectivity index (χ0n) is 15.1. The average molecular weight is 378 g/mol. The van der Waals surface area contributed by atoms with Crippen LogP contribution in [0.25, 0.3) is 10.6 Å². The molecule has 1 aliphatic rings. The summed E-state index contributed by atoms with van der Waals surface area (Å²) < 4.78 is 6.01. The summed E-state index contributed by atoms with van der Waals surface area (Å²) in [6.45, 7) is 1.48. The fraction of sp³-hybridized carbons (Fsp3) is 0.273. The number of nitrogens with zero attached hydrogens (tertiary/aromatic N) is 2. The minimum atomic E-state index is 0.151. The lowest BCUT2D eigenvalue weighted by Gasteiger charge is -2.32. The van der Waals surface area contributed by atoms with Gasteiger partial charge in [0.25, 0.3) is 0 Å². The summed E-state index contributed by atoms with van der Waals surface area (Å²) >= 11 is 1.59. The summed E-state index contributed by atoms with van der Waals surface area (Å²) in [6, 6.07) is 20.0. The van der Waals surface area contributed by atoms with Gasteiger partial charge in [0.2, 0.25) is 5.91 Å². The van der Waals surface area contributed by atoms with Gasteiger partial charge in [0.1, 0.15) is 16.9 Å². The second kappa shape index (κ2) is 8.35. The van der Waals surface area contributed by atoms with Crippen LogP contribution in [0.4, 0.5) is 0 Å². The highest BCUT2D eigenvalue weighted by Gasteiger charge is 2.24. The average Bonchev–Trinajstić information content (AvgIpc) is 3.18. The van der Waals surface area contributed by atoms with Crippen molar-refractivity contribution < 1.29 is 9.53 Å². The van der Waals surface area contributed by atoms with Crippen molar-refractivity contribution in [2.75, 3.05) is 13.1 Å². The molecule has 0 aliphatic carbocycles. The fourth-order valence-corrected chi connectivity index (χ4v) is 4.11. The fourth-order valence-electron chi connectivity index (χ4n) is 3.28. The molecule has 1 saturated heterocycles. The van der Waals surface area contributed by atoms with Crippen molar-refractivity contribution in [2.45, 2.75) is 25.4 Å². The van der Waals surface area contributed by atoms with Crippen LogP contribution < -0.4 is 4.74 Å². The van der Waals surface area contributed by atoms with Gasteiger partial charge in [0.05, 0.1) is 12.1 Å². The number of amides is 1. The SMILES string of the molecule is O=C(Cc1csc(-c2ccccc2)n1)N1CCC(Oc2ccccc2)CC1. The van der Waals surface area contributed by atoms with Crippen molar-refractivity contribution in [3.05, 3.63) is 71.7 Å². The first-order chi connectivity index (χ1) is 13.3. The topological polar surface area (TPSA) is 42.4 Å². The number of rotatable bonds is 5. The largest absolute Gasteiger partial charge is 0.490 e. The van der Waals surface area contributed by atoms with Crippen molar-refractivity contribution >= 4 is 17.2 Å². The number of aromatic nitrogens is 1. The van der Waals surface area contributed by atoms with E-state index in [1.807, 2.05) is 70.9 Å². The molecule has 1 aliphatic heterocycles. The maximum atomic E-state index is 12.6. The third-order valence-electron chi connectivity index (χ3n) is 4.75. The van der Waals surface area contributed by atoms with E-state index in [2.05, 4.69) is 4.98 Å². The van der Waals surface area contributed by atoms with E-state index in [9.17, 15) is 4.79 Å². The first-order valence-electron chi connectivity index (χ1n) is 9.27. The molecule has 4 nitrogen and oxygen atoms in total. The van der Waals surface area contributed by atoms with E-state index >= 15 is 0 Å². The molecular weight excluding hydrogens is 356 g/mol. The van der Waals surface area contributed by atoms with Crippen LogP contribution in [-0.4, -0.2) is 35.0 Å². The van der Waals surface area contributed by atoms with Crippen LogP contribution in [0, 0.1) is 0 Å². The third-order valence-corrected chi connectivity index (χ3v) is 5.69. The predicted molar refractivity (Wildman–Crippen MR) is 108 cm³/mol. The molecule has 138 valence electrons. The van der Waals surface area contributed by atoms with Crippen molar-refractivity contribution in [3.8, 4) is 16.3 Å². The number of benzene rings is 2. The van der Waals surface area contributed by atoms with Crippen LogP contribution in [0.5, 0.6) is 5.75 Å². The molecule has 1 fully saturated rings. The Hall–Kier alpha value is -2.66. The van der Waals surface area contributed by atoms with Gasteiger partial charge < -0.3 is 9.64 Å². The highest BCUT2D eigenvalue weighted by atomic mass is 32.1. The van der Waals surface area contributed by atoms with Gasteiger partial charge in [-0.2, -0.15) is 0 Å². The van der Waals surface area contributed by atoms with Gasteiger partial charge in [-0.15, -0.1) is 11.3 Å². The second-order valence-electron chi connectivity index (χ2n) is 6.70. The monoisotopic (exact) mass is 378 g/mol. The molecule has 1 aromatic heterocycles. The molecule has 0 atom stereocenters. The molecule has 1 amide bonds. The van der Waals surface area contributed by atoms with Crippen LogP contribution in [-0.2, 0) is 11.2 Å². The summed E-state index contributed by atoms with van der Waals surface area (Å²) in [6.07, 6.45) is 2.29. The molecule has 27 heavy (non-hydrogen) atoms. The van der Waals surface area contributed by atoms with Crippen LogP contribution in [0.1, 0.15) is 18.5 Å². The summed E-state index contributed by atoms with van der Waals surface area (Å²) in [5.74, 6) is 1.05. The van der Waals surface area contributed by atoms with E-state index in [1.165, 1.54) is 0 Å². The summed E-state index contributed by atoms with van der Waals surface area (Å²) in [5.41, 5.74) is 1.95. The van der Waals surface area contributed by atoms with Crippen LogP contribution in [0.15, 0.2) is 66.0 Å². The van der Waals surface area contributed by atoms with E-state index < -0.39 is 0 Å². The van der Waals surface area contributed by atoms with Crippen molar-refractivity contribution in [2.24, 2.45) is 0 Å². The van der Waals surface area contributed by atoms with Gasteiger partial charge in [-0.3, -0.25) is 4.79 Å². The van der Waals surface area contributed by atoms with E-state index in [4.69, 9.17) is 4.74 Å². The Balaban J connectivity index is 1.29. The number of likely N-dealkylation sites (tertiary alicyclic amines) is 1. The van der Waals surface area contributed by atoms with Crippen LogP contribution in [0.3, 0.4) is 0 Å². The third kappa shape index (κ3) is 4.55. The van der Waals surface area contributed by atoms with E-state index in [-0.39, 0.29) is 12.0 Å². The number of carbonyl (C=O) groups excluding carboxylic acids is 1. The van der Waals surface area contributed by atoms with Gasteiger partial charge in [0.15, 0.2) is 0 Å². The maximum absolute atomic E-state index is 12.6. The van der Waals surface area contributed by atoms with E-state index in [1.54, 1.807) is 11.3 Å². The van der Waals surface area contributed by atoms with Gasteiger partial charge >= 0.3 is 0 Å². The number of hydrogen-bond donors (Lipinski definition) is 0. The first-order valence-corrected chi connectivity index (χ1v) is 10.2. The molecule has 0 saturated carbocycles. The summed E-state index contributed by atoms with van der Waals surface area (Å²) in [7, 11) is 0. The zero-order valence-corrected chi connectivity index (χ0v) is 15.9. The van der Waals surface area contributed by atoms with E-state index in [0.29, 0.717) is 6.42 Å². The summed E-state index contributed by atoms with van der Waals surface area (Å²) in [5, 5.41) is 2.96. The Morgan fingerprint density at radius 1 is 1.04 bits per heavy atom. The molecular formula is C22H22N2O2S. The molecule has 4 rings (SSSR count). The molecule has 0 bridgehead atoms. The molecule has 2 aromatic carbocycles. The minimum absolute atomic E-state index is 0.151. The van der Waals surface area contributed by atoms with Crippen molar-refractivity contribution in [1.29, 1.82) is 0 Å². The molecule has 2 heterocycles. The lowest BCUT2D eigenvalue weighted by molar-refractivity contribution is -0.132. The number of para-hydroxylation sites is 1. The van der Waals surface area contributed by atoms with Crippen molar-refractivity contribution in [3.63, 3.8) is 0 Å². The standard InChI is InChI=1S/C22H22N2O2S/c25-21(15-18-16-27-22(23-18)17-7-3-1-4-8-17)24-13-11-20(12-14-24)26-19-9-5-2-6-10-19/h1-10,16,20H,11-15H2. The second-order valence-corrected chi connectivity index (χ2v) is 7.56. The van der Waals surface area contributed by atoms with Crippen molar-refractivity contribution in [1.82, 2.24) is 9.88 Å². The molecule has 3 aromatic rings. The Morgan fingerprint density at radius 3 is 2.41 bits per heavy atom. The number of piperidine rings is 1. The lowest BCUT2D eigenvalue weighted by Crippen LogP contribution is -2.42. The van der Waals surface area contributed by atoms with Gasteiger partial charge in [-0.25, -0.2) is 4.98 Å². The van der Waals surface area contributed by atoms with Gasteiger partial charge in [-0.05, 0) is 12.1 Å². The zero-order chi connectivity index (χ0) is 18.5. The first kappa shape index (κ1) is 17.7. The number of hydrogen-bond acceptors (Lipinski definition) is 4. The van der Waals surface area contributed by atoms with Crippen LogP contribution >= 0.6 is 11.3 Å². The Labute approximate surface area is 163 Å². The number of ether oxygens (including phenoxy) is 1. The summed E-state index contributed by atoms with van der Waals surface area (Å²) in [4.78, 5) is 19.2. The quantitative estimate of drug-likeness (QED) is 0.660. The van der Waals surface area contributed by atoms with E-state index in [0.717, 1.165) is 47.9 Å².